The first-order valence-corrected chi connectivity index (χ1v) is 8.31. The summed E-state index contributed by atoms with van der Waals surface area (Å²) in [7, 11) is 0. The number of nitrogens with zero attached hydrogens (tertiary/aromatic N) is 1. The zero-order valence-corrected chi connectivity index (χ0v) is 14.5. The lowest BCUT2D eigenvalue weighted by atomic mass is 9.92. The molecule has 0 bridgehead atoms. The number of piperidine rings is 1. The van der Waals surface area contributed by atoms with Crippen LogP contribution in [0, 0.1) is 11.8 Å². The third-order valence-corrected chi connectivity index (χ3v) is 4.44. The Bertz CT molecular complexity index is 540. The number of carbonyl (C=O) groups excluding carboxylic acids is 2. The Balaban J connectivity index is 1.80. The molecule has 22 heavy (non-hydrogen) atoms. The minimum Gasteiger partial charge on any atom is -0.294 e. The van der Waals surface area contributed by atoms with Crippen LogP contribution >= 0.6 is 15.9 Å². The number of hydrazine groups is 1. The molecule has 2 N–H and O–H groups in total. The fraction of sp³-hybridized carbons (Fsp3) is 0.500. The van der Waals surface area contributed by atoms with Crippen molar-refractivity contribution >= 4 is 27.7 Å². The van der Waals surface area contributed by atoms with Gasteiger partial charge in [-0.1, -0.05) is 26.0 Å². The standard InChI is InChI=1S/C16H22BrN3O2/c1-11-7-12(2)9-20(8-11)10-15(21)18-19-16(22)13-5-3-4-6-14(13)17/h3-6,11-12H,7-10H2,1-2H3,(H,18,21)(H,19,22). The number of amides is 2. The molecule has 1 fully saturated rings. The number of halogens is 1. The van der Waals surface area contributed by atoms with Gasteiger partial charge in [-0.15, -0.1) is 0 Å². The monoisotopic (exact) mass is 367 g/mol. The first kappa shape index (κ1) is 17.0. The minimum absolute atomic E-state index is 0.193. The van der Waals surface area contributed by atoms with Crippen molar-refractivity contribution < 1.29 is 9.59 Å². The molecule has 2 unspecified atom stereocenters. The molecule has 1 aromatic carbocycles. The number of hydrogen-bond donors (Lipinski definition) is 2. The molecular formula is C16H22BrN3O2. The fourth-order valence-electron chi connectivity index (χ4n) is 3.00. The molecule has 1 aliphatic rings. The first-order chi connectivity index (χ1) is 10.5. The van der Waals surface area contributed by atoms with Crippen molar-refractivity contribution in [1.29, 1.82) is 0 Å². The van der Waals surface area contributed by atoms with Gasteiger partial charge in [0.1, 0.15) is 0 Å². The van der Waals surface area contributed by atoms with E-state index in [2.05, 4.69) is 45.5 Å². The van der Waals surface area contributed by atoms with Crippen molar-refractivity contribution in [2.45, 2.75) is 20.3 Å². The number of hydrogen-bond acceptors (Lipinski definition) is 3. The fourth-order valence-corrected chi connectivity index (χ4v) is 3.47. The van der Waals surface area contributed by atoms with E-state index in [9.17, 15) is 9.59 Å². The molecule has 0 radical (unpaired) electrons. The number of nitrogens with one attached hydrogen (secondary N) is 2. The minimum atomic E-state index is -0.332. The number of rotatable bonds is 3. The highest BCUT2D eigenvalue weighted by atomic mass is 79.9. The molecule has 1 heterocycles. The summed E-state index contributed by atoms with van der Waals surface area (Å²) < 4.78 is 0.695. The quantitative estimate of drug-likeness (QED) is 0.804. The lowest BCUT2D eigenvalue weighted by Crippen LogP contribution is -2.49. The molecule has 1 aromatic rings. The van der Waals surface area contributed by atoms with Gasteiger partial charge in [0.15, 0.2) is 0 Å². The molecule has 0 spiro atoms. The molecule has 6 heteroatoms. The lowest BCUT2D eigenvalue weighted by Gasteiger charge is -2.34. The molecule has 2 amide bonds. The smallest absolute Gasteiger partial charge is 0.270 e. The van der Waals surface area contributed by atoms with E-state index in [0.717, 1.165) is 13.1 Å². The normalized spacial score (nSPS) is 22.1. The topological polar surface area (TPSA) is 61.4 Å². The maximum atomic E-state index is 12.0. The summed E-state index contributed by atoms with van der Waals surface area (Å²) in [5.74, 6) is 0.681. The average Bonchev–Trinajstić information content (AvgIpc) is 2.44. The Morgan fingerprint density at radius 3 is 2.45 bits per heavy atom. The zero-order valence-electron chi connectivity index (χ0n) is 12.9. The third kappa shape index (κ3) is 4.81. The molecule has 2 atom stereocenters. The Kier molecular flexibility index (Phi) is 5.97. The van der Waals surface area contributed by atoms with Crippen LogP contribution in [-0.2, 0) is 4.79 Å². The van der Waals surface area contributed by atoms with Crippen LogP contribution in [0.3, 0.4) is 0 Å². The summed E-state index contributed by atoms with van der Waals surface area (Å²) in [5, 5.41) is 0. The molecule has 5 nitrogen and oxygen atoms in total. The largest absolute Gasteiger partial charge is 0.294 e. The van der Waals surface area contributed by atoms with Gasteiger partial charge in [-0.2, -0.15) is 0 Å². The van der Waals surface area contributed by atoms with E-state index in [1.807, 2.05) is 6.07 Å². The average molecular weight is 368 g/mol. The van der Waals surface area contributed by atoms with Crippen molar-refractivity contribution in [2.24, 2.45) is 11.8 Å². The van der Waals surface area contributed by atoms with Gasteiger partial charge in [-0.05, 0) is 46.3 Å². The molecule has 1 saturated heterocycles. The summed E-state index contributed by atoms with van der Waals surface area (Å²) in [6, 6.07) is 7.09. The van der Waals surface area contributed by atoms with E-state index >= 15 is 0 Å². The number of carbonyl (C=O) groups is 2. The Morgan fingerprint density at radius 2 is 1.82 bits per heavy atom. The summed E-state index contributed by atoms with van der Waals surface area (Å²) in [5.41, 5.74) is 5.43. The maximum Gasteiger partial charge on any atom is 0.270 e. The summed E-state index contributed by atoms with van der Waals surface area (Å²) in [6.45, 7) is 6.57. The van der Waals surface area contributed by atoms with Crippen LogP contribution in [0.1, 0.15) is 30.6 Å². The molecule has 0 aliphatic carbocycles. The third-order valence-electron chi connectivity index (χ3n) is 3.75. The number of benzene rings is 1. The maximum absolute atomic E-state index is 12.0. The molecule has 120 valence electrons. The van der Waals surface area contributed by atoms with Gasteiger partial charge in [-0.3, -0.25) is 25.3 Å². The van der Waals surface area contributed by atoms with E-state index in [4.69, 9.17) is 0 Å². The molecular weight excluding hydrogens is 346 g/mol. The van der Waals surface area contributed by atoms with Gasteiger partial charge in [0.2, 0.25) is 0 Å². The highest BCUT2D eigenvalue weighted by Crippen LogP contribution is 2.20. The van der Waals surface area contributed by atoms with Crippen LogP contribution in [0.15, 0.2) is 28.7 Å². The van der Waals surface area contributed by atoms with Crippen LogP contribution in [0.4, 0.5) is 0 Å². The van der Waals surface area contributed by atoms with Gasteiger partial charge in [0.25, 0.3) is 11.8 Å². The summed E-state index contributed by atoms with van der Waals surface area (Å²) >= 11 is 3.31. The zero-order chi connectivity index (χ0) is 16.1. The van der Waals surface area contributed by atoms with Crippen molar-refractivity contribution in [2.75, 3.05) is 19.6 Å². The predicted molar refractivity (Wildman–Crippen MR) is 89.1 cm³/mol. The van der Waals surface area contributed by atoms with Crippen LogP contribution in [0.5, 0.6) is 0 Å². The van der Waals surface area contributed by atoms with Crippen molar-refractivity contribution in [1.82, 2.24) is 15.8 Å². The van der Waals surface area contributed by atoms with Gasteiger partial charge in [0, 0.05) is 17.6 Å². The van der Waals surface area contributed by atoms with Crippen molar-refractivity contribution in [3.05, 3.63) is 34.3 Å². The second-order valence-corrected chi connectivity index (χ2v) is 6.98. The van der Waals surface area contributed by atoms with E-state index in [-0.39, 0.29) is 11.8 Å². The first-order valence-electron chi connectivity index (χ1n) is 7.51. The summed E-state index contributed by atoms with van der Waals surface area (Å²) in [4.78, 5) is 26.1. The second kappa shape index (κ2) is 7.74. The van der Waals surface area contributed by atoms with Gasteiger partial charge < -0.3 is 0 Å². The lowest BCUT2D eigenvalue weighted by molar-refractivity contribution is -0.123. The van der Waals surface area contributed by atoms with Crippen LogP contribution in [0.2, 0.25) is 0 Å². The van der Waals surface area contributed by atoms with Crippen LogP contribution in [-0.4, -0.2) is 36.3 Å². The molecule has 0 saturated carbocycles. The Morgan fingerprint density at radius 1 is 1.18 bits per heavy atom. The second-order valence-electron chi connectivity index (χ2n) is 6.12. The molecule has 0 aromatic heterocycles. The number of likely N-dealkylation sites (tertiary alicyclic amines) is 1. The van der Waals surface area contributed by atoms with Gasteiger partial charge >= 0.3 is 0 Å². The highest BCUT2D eigenvalue weighted by molar-refractivity contribution is 9.10. The van der Waals surface area contributed by atoms with E-state index in [1.54, 1.807) is 18.2 Å². The molecule has 1 aliphatic heterocycles. The Labute approximate surface area is 139 Å². The van der Waals surface area contributed by atoms with E-state index < -0.39 is 0 Å². The van der Waals surface area contributed by atoms with Crippen LogP contribution < -0.4 is 10.9 Å². The van der Waals surface area contributed by atoms with Crippen LogP contribution in [0.25, 0.3) is 0 Å². The summed E-state index contributed by atoms with van der Waals surface area (Å²) in [6.07, 6.45) is 1.21. The van der Waals surface area contributed by atoms with Crippen molar-refractivity contribution in [3.63, 3.8) is 0 Å². The highest BCUT2D eigenvalue weighted by Gasteiger charge is 2.23. The van der Waals surface area contributed by atoms with E-state index in [0.29, 0.717) is 28.4 Å². The molecule has 2 rings (SSSR count). The predicted octanol–water partition coefficient (Wildman–Crippen LogP) is 2.19. The Hall–Kier alpha value is -1.40. The van der Waals surface area contributed by atoms with Crippen molar-refractivity contribution in [3.8, 4) is 0 Å². The van der Waals surface area contributed by atoms with E-state index in [1.165, 1.54) is 6.42 Å². The SMILES string of the molecule is CC1CC(C)CN(CC(=O)NNC(=O)c2ccccc2Br)C1. The van der Waals surface area contributed by atoms with Gasteiger partial charge in [-0.25, -0.2) is 0 Å². The van der Waals surface area contributed by atoms with Gasteiger partial charge in [0.05, 0.1) is 12.1 Å².